The number of benzene rings is 1. The van der Waals surface area contributed by atoms with Crippen molar-refractivity contribution in [2.75, 3.05) is 0 Å². The molecular weight excluding hydrogens is 220 g/mol. The number of hydrogen-bond acceptors (Lipinski definition) is 4. The molecule has 0 saturated heterocycles. The molecule has 0 radical (unpaired) electrons. The number of aromatic nitrogens is 2. The van der Waals surface area contributed by atoms with Crippen molar-refractivity contribution in [2.24, 2.45) is 0 Å². The lowest BCUT2D eigenvalue weighted by Crippen LogP contribution is -1.82. The monoisotopic (exact) mass is 226 g/mol. The lowest BCUT2D eigenvalue weighted by molar-refractivity contribution is 0.471. The van der Waals surface area contributed by atoms with E-state index in [1.807, 2.05) is 13.0 Å². The van der Waals surface area contributed by atoms with Crippen LogP contribution in [0.3, 0.4) is 0 Å². The molecule has 0 fully saturated rings. The fourth-order valence-electron chi connectivity index (χ4n) is 1.17. The van der Waals surface area contributed by atoms with Crippen molar-refractivity contribution in [3.05, 3.63) is 28.2 Å². The summed E-state index contributed by atoms with van der Waals surface area (Å²) in [6.45, 7) is 1.83. The Hall–Kier alpha value is -1.13. The first-order valence-electron chi connectivity index (χ1n) is 3.96. The number of phenolic OH excluding ortho intramolecular Hbond substituents is 1. The highest BCUT2D eigenvalue weighted by atomic mass is 35.5. The van der Waals surface area contributed by atoms with Gasteiger partial charge in [0.2, 0.25) is 4.47 Å². The Balaban J connectivity index is 2.57. The van der Waals surface area contributed by atoms with Crippen molar-refractivity contribution in [1.29, 1.82) is 0 Å². The van der Waals surface area contributed by atoms with Gasteiger partial charge in [0.15, 0.2) is 0 Å². The highest BCUT2D eigenvalue weighted by molar-refractivity contribution is 7.18. The average Bonchev–Trinajstić information content (AvgIpc) is 2.57. The third kappa shape index (κ3) is 1.58. The molecule has 0 unspecified atom stereocenters. The summed E-state index contributed by atoms with van der Waals surface area (Å²) in [6.07, 6.45) is 0. The maximum Gasteiger partial charge on any atom is 0.207 e. The second kappa shape index (κ2) is 3.55. The van der Waals surface area contributed by atoms with E-state index in [1.54, 1.807) is 12.1 Å². The first kappa shape index (κ1) is 9.43. The molecule has 0 aliphatic heterocycles. The highest BCUT2D eigenvalue weighted by Gasteiger charge is 2.09. The summed E-state index contributed by atoms with van der Waals surface area (Å²) in [7, 11) is 0. The third-order valence-corrected chi connectivity index (χ3v) is 2.99. The Morgan fingerprint density at radius 1 is 1.36 bits per heavy atom. The molecule has 0 saturated carbocycles. The van der Waals surface area contributed by atoms with Crippen molar-refractivity contribution < 1.29 is 5.11 Å². The lowest BCUT2D eigenvalue weighted by Gasteiger charge is -2.02. The molecule has 1 heterocycles. The van der Waals surface area contributed by atoms with Crippen LogP contribution in [0, 0.1) is 6.92 Å². The fraction of sp³-hybridized carbons (Fsp3) is 0.111. The SMILES string of the molecule is Cc1c(O)cccc1-c1nnc(Cl)s1. The van der Waals surface area contributed by atoms with Crippen molar-refractivity contribution in [3.8, 4) is 16.3 Å². The van der Waals surface area contributed by atoms with Gasteiger partial charge in [0.1, 0.15) is 10.8 Å². The third-order valence-electron chi connectivity index (χ3n) is 1.94. The van der Waals surface area contributed by atoms with Crippen LogP contribution in [0.15, 0.2) is 18.2 Å². The van der Waals surface area contributed by atoms with Crippen LogP contribution in [0.2, 0.25) is 4.47 Å². The topological polar surface area (TPSA) is 46.0 Å². The predicted octanol–water partition coefficient (Wildman–Crippen LogP) is 2.87. The molecule has 0 bridgehead atoms. The number of rotatable bonds is 1. The quantitative estimate of drug-likeness (QED) is 0.813. The number of phenols is 1. The molecule has 5 heteroatoms. The van der Waals surface area contributed by atoms with Gasteiger partial charge < -0.3 is 5.11 Å². The summed E-state index contributed by atoms with van der Waals surface area (Å²) in [5.41, 5.74) is 1.66. The van der Waals surface area contributed by atoms with Gasteiger partial charge in [0.25, 0.3) is 0 Å². The van der Waals surface area contributed by atoms with Crippen LogP contribution >= 0.6 is 22.9 Å². The highest BCUT2D eigenvalue weighted by Crippen LogP contribution is 2.32. The Labute approximate surface area is 90.0 Å². The molecule has 1 aromatic carbocycles. The first-order valence-corrected chi connectivity index (χ1v) is 5.16. The van der Waals surface area contributed by atoms with E-state index < -0.39 is 0 Å². The number of nitrogens with zero attached hydrogens (tertiary/aromatic N) is 2. The van der Waals surface area contributed by atoms with Gasteiger partial charge in [0.05, 0.1) is 0 Å². The van der Waals surface area contributed by atoms with Crippen LogP contribution in [-0.2, 0) is 0 Å². The van der Waals surface area contributed by atoms with Crippen LogP contribution in [0.25, 0.3) is 10.6 Å². The zero-order valence-electron chi connectivity index (χ0n) is 7.36. The van der Waals surface area contributed by atoms with E-state index in [0.717, 1.165) is 16.1 Å². The summed E-state index contributed by atoms with van der Waals surface area (Å²) in [5, 5.41) is 17.8. The van der Waals surface area contributed by atoms with Crippen molar-refractivity contribution >= 4 is 22.9 Å². The minimum Gasteiger partial charge on any atom is -0.508 e. The first-order chi connectivity index (χ1) is 6.68. The predicted molar refractivity (Wildman–Crippen MR) is 56.8 cm³/mol. The minimum atomic E-state index is 0.258. The molecule has 1 aromatic heterocycles. The Morgan fingerprint density at radius 2 is 2.14 bits per heavy atom. The van der Waals surface area contributed by atoms with Crippen molar-refractivity contribution in [3.63, 3.8) is 0 Å². The van der Waals surface area contributed by atoms with E-state index in [9.17, 15) is 5.11 Å². The number of aromatic hydroxyl groups is 1. The molecule has 1 N–H and O–H groups in total. The lowest BCUT2D eigenvalue weighted by atomic mass is 10.1. The Kier molecular flexibility index (Phi) is 2.39. The van der Waals surface area contributed by atoms with Crippen molar-refractivity contribution in [2.45, 2.75) is 6.92 Å². The summed E-state index contributed by atoms with van der Waals surface area (Å²) >= 11 is 6.98. The van der Waals surface area contributed by atoms with Gasteiger partial charge in [0, 0.05) is 11.1 Å². The molecule has 72 valence electrons. The average molecular weight is 227 g/mol. The van der Waals surface area contributed by atoms with Crippen LogP contribution < -0.4 is 0 Å². The fourth-order valence-corrected chi connectivity index (χ4v) is 2.08. The standard InChI is InChI=1S/C9H7ClN2OS/c1-5-6(3-2-4-7(5)13)8-11-12-9(10)14-8/h2-4,13H,1H3. The molecule has 3 nitrogen and oxygen atoms in total. The van der Waals surface area contributed by atoms with Gasteiger partial charge in [-0.3, -0.25) is 0 Å². The molecular formula is C9H7ClN2OS. The zero-order chi connectivity index (χ0) is 10.1. The molecule has 0 atom stereocenters. The van der Waals surface area contributed by atoms with E-state index in [1.165, 1.54) is 11.3 Å². The molecule has 0 aliphatic carbocycles. The molecule has 2 aromatic rings. The van der Waals surface area contributed by atoms with Gasteiger partial charge in [-0.2, -0.15) is 0 Å². The van der Waals surface area contributed by atoms with Gasteiger partial charge in [-0.1, -0.05) is 23.5 Å². The van der Waals surface area contributed by atoms with Crippen LogP contribution in [-0.4, -0.2) is 15.3 Å². The minimum absolute atomic E-state index is 0.258. The summed E-state index contributed by atoms with van der Waals surface area (Å²) in [4.78, 5) is 0. The van der Waals surface area contributed by atoms with Crippen LogP contribution in [0.1, 0.15) is 5.56 Å². The van der Waals surface area contributed by atoms with E-state index in [4.69, 9.17) is 11.6 Å². The maximum atomic E-state index is 9.49. The van der Waals surface area contributed by atoms with Crippen molar-refractivity contribution in [1.82, 2.24) is 10.2 Å². The van der Waals surface area contributed by atoms with Gasteiger partial charge in [-0.05, 0) is 24.6 Å². The van der Waals surface area contributed by atoms with Crippen LogP contribution in [0.4, 0.5) is 0 Å². The van der Waals surface area contributed by atoms with E-state index in [-0.39, 0.29) is 5.75 Å². The van der Waals surface area contributed by atoms with E-state index in [2.05, 4.69) is 10.2 Å². The van der Waals surface area contributed by atoms with Gasteiger partial charge in [-0.15, -0.1) is 10.2 Å². The summed E-state index contributed by atoms with van der Waals surface area (Å²) < 4.78 is 0.405. The molecule has 14 heavy (non-hydrogen) atoms. The molecule has 2 rings (SSSR count). The summed E-state index contributed by atoms with van der Waals surface area (Å²) in [5.74, 6) is 0.258. The largest absolute Gasteiger partial charge is 0.508 e. The Morgan fingerprint density at radius 3 is 2.79 bits per heavy atom. The normalized spacial score (nSPS) is 10.4. The summed E-state index contributed by atoms with van der Waals surface area (Å²) in [6, 6.07) is 5.29. The number of halogens is 1. The molecule has 0 spiro atoms. The zero-order valence-corrected chi connectivity index (χ0v) is 8.93. The van der Waals surface area contributed by atoms with Gasteiger partial charge in [-0.25, -0.2) is 0 Å². The van der Waals surface area contributed by atoms with E-state index in [0.29, 0.717) is 4.47 Å². The maximum absolute atomic E-state index is 9.49. The second-order valence-corrected chi connectivity index (χ2v) is 4.37. The van der Waals surface area contributed by atoms with E-state index >= 15 is 0 Å². The molecule has 0 amide bonds. The van der Waals surface area contributed by atoms with Gasteiger partial charge >= 0.3 is 0 Å². The molecule has 0 aliphatic rings. The second-order valence-electron chi connectivity index (χ2n) is 2.81. The Bertz CT molecular complexity index is 470. The smallest absolute Gasteiger partial charge is 0.207 e. The number of hydrogen-bond donors (Lipinski definition) is 1. The van der Waals surface area contributed by atoms with Crippen LogP contribution in [0.5, 0.6) is 5.75 Å².